The lowest BCUT2D eigenvalue weighted by molar-refractivity contribution is 0.395. The Morgan fingerprint density at radius 2 is 2.11 bits per heavy atom. The molecule has 1 aliphatic rings. The van der Waals surface area contributed by atoms with Crippen molar-refractivity contribution in [1.82, 2.24) is 0 Å². The lowest BCUT2D eigenvalue weighted by Gasteiger charge is -2.34. The maximum atomic E-state index is 13.2. The molecule has 4 heteroatoms. The molecular weight excluding hydrogens is 229 g/mol. The molecule has 0 aliphatic carbocycles. The van der Waals surface area contributed by atoms with Gasteiger partial charge in [-0.25, -0.2) is 4.39 Å². The number of piperidine rings is 1. The third kappa shape index (κ3) is 2.63. The van der Waals surface area contributed by atoms with Gasteiger partial charge in [0, 0.05) is 24.3 Å². The van der Waals surface area contributed by atoms with E-state index in [1.54, 1.807) is 6.07 Å². The van der Waals surface area contributed by atoms with E-state index in [1.807, 2.05) is 0 Å². The summed E-state index contributed by atoms with van der Waals surface area (Å²) in [4.78, 5) is 2.21. The summed E-state index contributed by atoms with van der Waals surface area (Å²) < 4.78 is 13.2. The SMILES string of the molecule is CCC1CCN(c2ccc(F)cc2C(=N)N)CC1. The predicted octanol–water partition coefficient (Wildman–Crippen LogP) is 2.74. The number of anilines is 1. The Balaban J connectivity index is 2.21. The van der Waals surface area contributed by atoms with Gasteiger partial charge in [0.2, 0.25) is 0 Å². The van der Waals surface area contributed by atoms with Gasteiger partial charge >= 0.3 is 0 Å². The van der Waals surface area contributed by atoms with Gasteiger partial charge < -0.3 is 10.6 Å². The molecule has 0 radical (unpaired) electrons. The zero-order valence-corrected chi connectivity index (χ0v) is 10.7. The second-order valence-electron chi connectivity index (χ2n) is 4.91. The molecule has 0 amide bonds. The molecule has 1 aromatic rings. The molecule has 0 bridgehead atoms. The van der Waals surface area contributed by atoms with Gasteiger partial charge in [-0.3, -0.25) is 5.41 Å². The Kier molecular flexibility index (Phi) is 3.84. The summed E-state index contributed by atoms with van der Waals surface area (Å²) in [5, 5.41) is 7.55. The minimum atomic E-state index is -0.340. The first kappa shape index (κ1) is 12.9. The summed E-state index contributed by atoms with van der Waals surface area (Å²) in [5.74, 6) is 0.386. The molecule has 0 unspecified atom stereocenters. The van der Waals surface area contributed by atoms with Gasteiger partial charge in [0.25, 0.3) is 0 Å². The Bertz CT molecular complexity index is 437. The number of nitrogens with two attached hydrogens (primary N) is 1. The van der Waals surface area contributed by atoms with E-state index in [1.165, 1.54) is 18.6 Å². The van der Waals surface area contributed by atoms with Crippen LogP contribution < -0.4 is 10.6 Å². The van der Waals surface area contributed by atoms with E-state index in [9.17, 15) is 4.39 Å². The smallest absolute Gasteiger partial charge is 0.125 e. The predicted molar refractivity (Wildman–Crippen MR) is 72.6 cm³/mol. The van der Waals surface area contributed by atoms with Crippen LogP contribution in [0, 0.1) is 17.1 Å². The number of amidine groups is 1. The molecule has 1 saturated heterocycles. The zero-order chi connectivity index (χ0) is 13.1. The normalized spacial score (nSPS) is 16.9. The highest BCUT2D eigenvalue weighted by Gasteiger charge is 2.20. The molecule has 0 saturated carbocycles. The summed E-state index contributed by atoms with van der Waals surface area (Å²) in [7, 11) is 0. The molecular formula is C14H20FN3. The maximum Gasteiger partial charge on any atom is 0.125 e. The van der Waals surface area contributed by atoms with Crippen molar-refractivity contribution in [3.8, 4) is 0 Å². The second-order valence-corrected chi connectivity index (χ2v) is 4.91. The van der Waals surface area contributed by atoms with Gasteiger partial charge in [-0.05, 0) is 37.0 Å². The highest BCUT2D eigenvalue weighted by atomic mass is 19.1. The highest BCUT2D eigenvalue weighted by molar-refractivity contribution is 6.00. The first-order chi connectivity index (χ1) is 8.61. The Hall–Kier alpha value is -1.58. The van der Waals surface area contributed by atoms with Gasteiger partial charge in [-0.15, -0.1) is 0 Å². The largest absolute Gasteiger partial charge is 0.384 e. The summed E-state index contributed by atoms with van der Waals surface area (Å²) in [6.45, 7) is 4.15. The van der Waals surface area contributed by atoms with Gasteiger partial charge in [0.05, 0.1) is 0 Å². The van der Waals surface area contributed by atoms with Gasteiger partial charge in [0.1, 0.15) is 11.7 Å². The second kappa shape index (κ2) is 5.38. The van der Waals surface area contributed by atoms with Crippen molar-refractivity contribution in [3.63, 3.8) is 0 Å². The highest BCUT2D eigenvalue weighted by Crippen LogP contribution is 2.27. The van der Waals surface area contributed by atoms with Gasteiger partial charge in [-0.1, -0.05) is 13.3 Å². The molecule has 2 rings (SSSR count). The minimum Gasteiger partial charge on any atom is -0.384 e. The molecule has 3 N–H and O–H groups in total. The molecule has 98 valence electrons. The van der Waals surface area contributed by atoms with Crippen molar-refractivity contribution in [2.45, 2.75) is 26.2 Å². The number of hydrogen-bond acceptors (Lipinski definition) is 2. The van der Waals surface area contributed by atoms with Gasteiger partial charge in [0.15, 0.2) is 0 Å². The van der Waals surface area contributed by atoms with Gasteiger partial charge in [-0.2, -0.15) is 0 Å². The summed E-state index contributed by atoms with van der Waals surface area (Å²) in [5.41, 5.74) is 6.93. The fourth-order valence-corrected chi connectivity index (χ4v) is 2.58. The minimum absolute atomic E-state index is 0.0675. The van der Waals surface area contributed by atoms with E-state index < -0.39 is 0 Å². The number of rotatable bonds is 3. The van der Waals surface area contributed by atoms with Crippen LogP contribution in [0.2, 0.25) is 0 Å². The van der Waals surface area contributed by atoms with Crippen LogP contribution in [-0.2, 0) is 0 Å². The van der Waals surface area contributed by atoms with Crippen LogP contribution >= 0.6 is 0 Å². The van der Waals surface area contributed by atoms with Crippen LogP contribution in [0.4, 0.5) is 10.1 Å². The van der Waals surface area contributed by atoms with Crippen molar-refractivity contribution in [2.24, 2.45) is 11.7 Å². The molecule has 0 spiro atoms. The lowest BCUT2D eigenvalue weighted by Crippen LogP contribution is -2.35. The summed E-state index contributed by atoms with van der Waals surface area (Å²) in [6, 6.07) is 4.52. The average molecular weight is 249 g/mol. The van der Waals surface area contributed by atoms with Crippen LogP contribution in [0.25, 0.3) is 0 Å². The van der Waals surface area contributed by atoms with E-state index in [0.29, 0.717) is 5.56 Å². The molecule has 1 fully saturated rings. The van der Waals surface area contributed by atoms with E-state index in [-0.39, 0.29) is 11.7 Å². The van der Waals surface area contributed by atoms with Crippen molar-refractivity contribution in [3.05, 3.63) is 29.6 Å². The van der Waals surface area contributed by atoms with Crippen molar-refractivity contribution in [1.29, 1.82) is 5.41 Å². The third-order valence-electron chi connectivity index (χ3n) is 3.78. The maximum absolute atomic E-state index is 13.2. The fourth-order valence-electron chi connectivity index (χ4n) is 2.58. The quantitative estimate of drug-likeness (QED) is 0.639. The number of hydrogen-bond donors (Lipinski definition) is 2. The molecule has 1 heterocycles. The summed E-state index contributed by atoms with van der Waals surface area (Å²) in [6.07, 6.45) is 3.53. The van der Waals surface area contributed by atoms with Crippen LogP contribution in [0.3, 0.4) is 0 Å². The van der Waals surface area contributed by atoms with Crippen molar-refractivity contribution >= 4 is 11.5 Å². The van der Waals surface area contributed by atoms with Crippen LogP contribution in [0.1, 0.15) is 31.7 Å². The number of halogens is 1. The molecule has 0 atom stereocenters. The number of benzene rings is 1. The third-order valence-corrected chi connectivity index (χ3v) is 3.78. The van der Waals surface area contributed by atoms with Crippen molar-refractivity contribution in [2.75, 3.05) is 18.0 Å². The Labute approximate surface area is 107 Å². The summed E-state index contributed by atoms with van der Waals surface area (Å²) >= 11 is 0. The first-order valence-electron chi connectivity index (χ1n) is 6.50. The van der Waals surface area contributed by atoms with Crippen molar-refractivity contribution < 1.29 is 4.39 Å². The lowest BCUT2D eigenvalue weighted by atomic mass is 9.93. The molecule has 1 aliphatic heterocycles. The van der Waals surface area contributed by atoms with E-state index in [2.05, 4.69) is 11.8 Å². The zero-order valence-electron chi connectivity index (χ0n) is 10.7. The molecule has 18 heavy (non-hydrogen) atoms. The Morgan fingerprint density at radius 3 is 2.67 bits per heavy atom. The average Bonchev–Trinajstić information content (AvgIpc) is 2.39. The topological polar surface area (TPSA) is 53.1 Å². The van der Waals surface area contributed by atoms with E-state index >= 15 is 0 Å². The molecule has 3 nitrogen and oxygen atoms in total. The van der Waals surface area contributed by atoms with E-state index in [0.717, 1.165) is 37.5 Å². The standard InChI is InChI=1S/C14H20FN3/c1-2-10-5-7-18(8-6-10)13-4-3-11(15)9-12(13)14(16)17/h3-4,9-10H,2,5-8H2,1H3,(H3,16,17). The number of nitrogen functional groups attached to an aromatic ring is 1. The molecule has 0 aromatic heterocycles. The first-order valence-corrected chi connectivity index (χ1v) is 6.50. The molecule has 1 aromatic carbocycles. The van der Waals surface area contributed by atoms with E-state index in [4.69, 9.17) is 11.1 Å². The Morgan fingerprint density at radius 1 is 1.44 bits per heavy atom. The fraction of sp³-hybridized carbons (Fsp3) is 0.500. The number of nitrogens with zero attached hydrogens (tertiary/aromatic N) is 1. The van der Waals surface area contributed by atoms with Crippen LogP contribution in [-0.4, -0.2) is 18.9 Å². The monoisotopic (exact) mass is 249 g/mol. The van der Waals surface area contributed by atoms with Crippen LogP contribution in [0.15, 0.2) is 18.2 Å². The number of nitrogens with one attached hydrogen (secondary N) is 1. The van der Waals surface area contributed by atoms with Crippen LogP contribution in [0.5, 0.6) is 0 Å².